The summed E-state index contributed by atoms with van der Waals surface area (Å²) in [7, 11) is 0. The van der Waals surface area contributed by atoms with E-state index >= 15 is 0 Å². The summed E-state index contributed by atoms with van der Waals surface area (Å²) in [6.07, 6.45) is 2.35. The normalized spacial score (nSPS) is 16.0. The van der Waals surface area contributed by atoms with Crippen LogP contribution in [-0.4, -0.2) is 24.3 Å². The van der Waals surface area contributed by atoms with Crippen LogP contribution in [0.2, 0.25) is 0 Å². The number of nitrogens with zero attached hydrogens (tertiary/aromatic N) is 1. The third kappa shape index (κ3) is 4.59. The number of cyclic esters (lactones) is 2. The van der Waals surface area contributed by atoms with Crippen LogP contribution in [0.1, 0.15) is 32.3 Å². The first-order chi connectivity index (χ1) is 11.3. The van der Waals surface area contributed by atoms with Crippen molar-refractivity contribution in [3.8, 4) is 11.8 Å². The van der Waals surface area contributed by atoms with Crippen LogP contribution in [0.5, 0.6) is 5.75 Å². The highest BCUT2D eigenvalue weighted by atomic mass is 79.9. The maximum Gasteiger partial charge on any atom is 0.348 e. The average molecular weight is 394 g/mol. The number of carbonyl (C=O) groups is 2. The molecule has 1 fully saturated rings. The van der Waals surface area contributed by atoms with Crippen molar-refractivity contribution < 1.29 is 23.8 Å². The molecule has 6 nitrogen and oxygen atoms in total. The molecule has 0 spiro atoms. The molecule has 1 aromatic rings. The Morgan fingerprint density at radius 3 is 2.58 bits per heavy atom. The molecule has 0 unspecified atom stereocenters. The largest absolute Gasteiger partial charge is 0.493 e. The number of nitriles is 1. The van der Waals surface area contributed by atoms with Crippen LogP contribution in [0.3, 0.4) is 0 Å². The molecule has 0 amide bonds. The highest BCUT2D eigenvalue weighted by Crippen LogP contribution is 2.29. The quantitative estimate of drug-likeness (QED) is 0.330. The molecule has 1 aromatic carbocycles. The zero-order valence-electron chi connectivity index (χ0n) is 13.3. The van der Waals surface area contributed by atoms with E-state index in [9.17, 15) is 9.59 Å². The zero-order chi connectivity index (χ0) is 17.7. The maximum absolute atomic E-state index is 12.0. The minimum Gasteiger partial charge on any atom is -0.493 e. The van der Waals surface area contributed by atoms with E-state index in [1.54, 1.807) is 18.2 Å². The number of rotatable bonds is 5. The minimum absolute atomic E-state index is 0.200. The third-order valence-corrected chi connectivity index (χ3v) is 3.57. The Morgan fingerprint density at radius 2 is 1.96 bits per heavy atom. The Hall–Kier alpha value is -2.33. The van der Waals surface area contributed by atoms with Crippen molar-refractivity contribution in [1.29, 1.82) is 5.26 Å². The number of halogens is 1. The molecule has 1 aliphatic rings. The van der Waals surface area contributed by atoms with Crippen LogP contribution in [-0.2, 0) is 19.1 Å². The maximum atomic E-state index is 12.0. The molecule has 0 saturated carbocycles. The summed E-state index contributed by atoms with van der Waals surface area (Å²) in [6, 6.07) is 7.25. The zero-order valence-corrected chi connectivity index (χ0v) is 14.9. The number of hydrogen-bond acceptors (Lipinski definition) is 6. The van der Waals surface area contributed by atoms with Gasteiger partial charge in [0, 0.05) is 30.3 Å². The second kappa shape index (κ2) is 7.49. The fourth-order valence-corrected chi connectivity index (χ4v) is 2.41. The average Bonchev–Trinajstić information content (AvgIpc) is 2.48. The minimum atomic E-state index is -1.28. The summed E-state index contributed by atoms with van der Waals surface area (Å²) in [5.41, 5.74) is 0.333. The van der Waals surface area contributed by atoms with Crippen molar-refractivity contribution in [3.63, 3.8) is 0 Å². The van der Waals surface area contributed by atoms with Gasteiger partial charge >= 0.3 is 11.9 Å². The summed E-state index contributed by atoms with van der Waals surface area (Å²) in [5.74, 6) is -2.27. The van der Waals surface area contributed by atoms with Gasteiger partial charge in [0.2, 0.25) is 0 Å². The van der Waals surface area contributed by atoms with E-state index in [1.807, 2.05) is 6.07 Å². The molecule has 1 saturated heterocycles. The van der Waals surface area contributed by atoms with Gasteiger partial charge in [0.25, 0.3) is 5.79 Å². The van der Waals surface area contributed by atoms with E-state index in [0.717, 1.165) is 4.47 Å². The van der Waals surface area contributed by atoms with Gasteiger partial charge in [0.05, 0.1) is 12.7 Å². The lowest BCUT2D eigenvalue weighted by molar-refractivity contribution is -0.222. The van der Waals surface area contributed by atoms with E-state index in [1.165, 1.54) is 19.9 Å². The van der Waals surface area contributed by atoms with Gasteiger partial charge in [0.1, 0.15) is 11.3 Å². The lowest BCUT2D eigenvalue weighted by atomic mass is 10.1. The van der Waals surface area contributed by atoms with Crippen LogP contribution in [0.25, 0.3) is 6.08 Å². The van der Waals surface area contributed by atoms with Gasteiger partial charge in [-0.15, -0.1) is 0 Å². The highest BCUT2D eigenvalue weighted by Gasteiger charge is 2.39. The third-order valence-electron chi connectivity index (χ3n) is 3.08. The fourth-order valence-electron chi connectivity index (χ4n) is 2.03. The van der Waals surface area contributed by atoms with E-state index in [4.69, 9.17) is 19.5 Å². The van der Waals surface area contributed by atoms with Gasteiger partial charge in [-0.05, 0) is 30.7 Å². The van der Waals surface area contributed by atoms with E-state index in [0.29, 0.717) is 30.8 Å². The van der Waals surface area contributed by atoms with Crippen molar-refractivity contribution in [3.05, 3.63) is 33.8 Å². The highest BCUT2D eigenvalue weighted by molar-refractivity contribution is 9.10. The van der Waals surface area contributed by atoms with E-state index < -0.39 is 17.7 Å². The second-order valence-corrected chi connectivity index (χ2v) is 6.44. The van der Waals surface area contributed by atoms with E-state index in [2.05, 4.69) is 15.9 Å². The molecule has 0 N–H and O–H groups in total. The molecular formula is C17H16BrNO5. The molecule has 0 aliphatic carbocycles. The van der Waals surface area contributed by atoms with Gasteiger partial charge in [-0.1, -0.05) is 15.9 Å². The smallest absolute Gasteiger partial charge is 0.348 e. The number of hydrogen-bond donors (Lipinski definition) is 0. The Bertz CT molecular complexity index is 711. The van der Waals surface area contributed by atoms with Crippen LogP contribution >= 0.6 is 15.9 Å². The molecule has 0 atom stereocenters. The Labute approximate surface area is 148 Å². The van der Waals surface area contributed by atoms with Crippen molar-refractivity contribution in [1.82, 2.24) is 0 Å². The summed E-state index contributed by atoms with van der Waals surface area (Å²) >= 11 is 3.34. The Kier molecular flexibility index (Phi) is 5.62. The summed E-state index contributed by atoms with van der Waals surface area (Å²) in [6.45, 7) is 3.33. The standard InChI is InChI=1S/C17H16BrNO5/c1-17(2)23-15(20)13(16(21)24-17)10-11-9-12(18)5-6-14(11)22-8-4-3-7-19/h5-6,9-10H,3-4,8H2,1-2H3. The van der Waals surface area contributed by atoms with Gasteiger partial charge in [-0.2, -0.15) is 5.26 Å². The first-order valence-electron chi connectivity index (χ1n) is 7.30. The van der Waals surface area contributed by atoms with Crippen LogP contribution < -0.4 is 4.74 Å². The lowest BCUT2D eigenvalue weighted by Crippen LogP contribution is -2.41. The first kappa shape index (κ1) is 18.0. The Balaban J connectivity index is 2.27. The Morgan fingerprint density at radius 1 is 1.29 bits per heavy atom. The van der Waals surface area contributed by atoms with Crippen molar-refractivity contribution in [2.24, 2.45) is 0 Å². The number of carbonyl (C=O) groups excluding carboxylic acids is 2. The number of benzene rings is 1. The summed E-state index contributed by atoms with van der Waals surface area (Å²) < 4.78 is 16.5. The number of esters is 2. The summed E-state index contributed by atoms with van der Waals surface area (Å²) in [4.78, 5) is 24.1. The monoisotopic (exact) mass is 393 g/mol. The molecule has 7 heteroatoms. The topological polar surface area (TPSA) is 85.6 Å². The second-order valence-electron chi connectivity index (χ2n) is 5.53. The van der Waals surface area contributed by atoms with E-state index in [-0.39, 0.29) is 5.57 Å². The lowest BCUT2D eigenvalue weighted by Gasteiger charge is -2.29. The van der Waals surface area contributed by atoms with Crippen molar-refractivity contribution in [2.75, 3.05) is 6.61 Å². The molecule has 1 aliphatic heterocycles. The van der Waals surface area contributed by atoms with Gasteiger partial charge in [0.15, 0.2) is 0 Å². The molecule has 0 radical (unpaired) electrons. The molecule has 1 heterocycles. The molecule has 0 bridgehead atoms. The predicted molar refractivity (Wildman–Crippen MR) is 88.7 cm³/mol. The van der Waals surface area contributed by atoms with Crippen molar-refractivity contribution in [2.45, 2.75) is 32.5 Å². The van der Waals surface area contributed by atoms with Crippen LogP contribution in [0, 0.1) is 11.3 Å². The van der Waals surface area contributed by atoms with Crippen LogP contribution in [0.4, 0.5) is 0 Å². The fraction of sp³-hybridized carbons (Fsp3) is 0.353. The molecule has 0 aromatic heterocycles. The number of unbranched alkanes of at least 4 members (excludes halogenated alkanes) is 1. The van der Waals surface area contributed by atoms with Gasteiger partial charge in [-0.25, -0.2) is 9.59 Å². The van der Waals surface area contributed by atoms with Gasteiger partial charge in [-0.3, -0.25) is 0 Å². The number of ether oxygens (including phenoxy) is 3. The van der Waals surface area contributed by atoms with Gasteiger partial charge < -0.3 is 14.2 Å². The molecule has 2 rings (SSSR count). The predicted octanol–water partition coefficient (Wildman–Crippen LogP) is 3.35. The SMILES string of the molecule is CC1(C)OC(=O)C(=Cc2cc(Br)ccc2OCCCC#N)C(=O)O1. The molecule has 126 valence electrons. The van der Waals surface area contributed by atoms with Crippen LogP contribution in [0.15, 0.2) is 28.2 Å². The molecular weight excluding hydrogens is 378 g/mol. The summed E-state index contributed by atoms with van der Waals surface area (Å²) in [5, 5.41) is 8.55. The first-order valence-corrected chi connectivity index (χ1v) is 8.09. The van der Waals surface area contributed by atoms with Crippen molar-refractivity contribution >= 4 is 33.9 Å². The molecule has 24 heavy (non-hydrogen) atoms.